The highest BCUT2D eigenvalue weighted by Gasteiger charge is 2.25. The summed E-state index contributed by atoms with van der Waals surface area (Å²) in [6.07, 6.45) is 3.44. The Balaban J connectivity index is 1.21. The van der Waals surface area contributed by atoms with E-state index < -0.39 is 0 Å². The van der Waals surface area contributed by atoms with E-state index >= 15 is 0 Å². The molecule has 5 aromatic carbocycles. The Morgan fingerprint density at radius 1 is 0.696 bits per heavy atom. The van der Waals surface area contributed by atoms with Crippen LogP contribution in [0.15, 0.2) is 120 Å². The van der Waals surface area contributed by atoms with E-state index in [1.165, 1.54) is 46.0 Å². The average Bonchev–Trinajstić information content (AvgIpc) is 3.69. The first kappa shape index (κ1) is 29.7. The van der Waals surface area contributed by atoms with Gasteiger partial charge in [0.25, 0.3) is 0 Å². The molecule has 7 rings (SSSR count). The zero-order chi connectivity index (χ0) is 31.8. The maximum absolute atomic E-state index is 6.09. The quantitative estimate of drug-likeness (QED) is 0.165. The first-order valence-electron chi connectivity index (χ1n) is 16.5. The van der Waals surface area contributed by atoms with E-state index in [4.69, 9.17) is 14.6 Å². The largest absolute Gasteiger partial charge is 0.456 e. The van der Waals surface area contributed by atoms with Crippen molar-refractivity contribution in [3.63, 3.8) is 0 Å². The molecular formula is C42H41N3O. The molecule has 46 heavy (non-hydrogen) atoms. The fraction of sp³-hybridized carbons (Fsp3) is 0.238. The third kappa shape index (κ3) is 5.32. The first-order valence-corrected chi connectivity index (χ1v) is 16.5. The van der Waals surface area contributed by atoms with Crippen LogP contribution in [0.5, 0.6) is 0 Å². The van der Waals surface area contributed by atoms with Crippen molar-refractivity contribution in [3.05, 3.63) is 138 Å². The molecule has 0 saturated carbocycles. The Morgan fingerprint density at radius 3 is 2.15 bits per heavy atom. The molecule has 230 valence electrons. The van der Waals surface area contributed by atoms with E-state index in [-0.39, 0.29) is 5.41 Å². The average molecular weight is 604 g/mol. The molecule has 0 saturated heterocycles. The second-order valence-electron chi connectivity index (χ2n) is 13.1. The summed E-state index contributed by atoms with van der Waals surface area (Å²) < 4.78 is 8.36. The van der Waals surface area contributed by atoms with Gasteiger partial charge >= 0.3 is 0 Å². The second-order valence-corrected chi connectivity index (χ2v) is 13.1. The fourth-order valence-electron chi connectivity index (χ4n) is 6.71. The van der Waals surface area contributed by atoms with Crippen LogP contribution in [-0.2, 0) is 5.41 Å². The van der Waals surface area contributed by atoms with Gasteiger partial charge in [0.1, 0.15) is 17.0 Å². The number of unbranched alkanes of at least 4 members (excludes halogenated alkanes) is 1. The van der Waals surface area contributed by atoms with Crippen LogP contribution in [0.4, 0.5) is 0 Å². The van der Waals surface area contributed by atoms with Crippen LogP contribution >= 0.6 is 0 Å². The minimum absolute atomic E-state index is 0.169. The highest BCUT2D eigenvalue weighted by atomic mass is 16.3. The highest BCUT2D eigenvalue weighted by molar-refractivity contribution is 6.05. The Labute approximate surface area is 271 Å². The maximum Gasteiger partial charge on any atom is 0.168 e. The lowest BCUT2D eigenvalue weighted by atomic mass is 9.77. The molecule has 0 aliphatic carbocycles. The lowest BCUT2D eigenvalue weighted by Crippen LogP contribution is -2.18. The molecule has 0 aliphatic rings. The number of fused-ring (bicyclic) bond motifs is 3. The summed E-state index contributed by atoms with van der Waals surface area (Å²) in [6, 6.07) is 41.1. The first-order chi connectivity index (χ1) is 22.3. The second kappa shape index (κ2) is 12.1. The third-order valence-electron chi connectivity index (χ3n) is 9.63. The van der Waals surface area contributed by atoms with Gasteiger partial charge in [0.2, 0.25) is 0 Å². The number of aromatic nitrogens is 3. The van der Waals surface area contributed by atoms with Crippen LogP contribution < -0.4 is 0 Å². The molecule has 2 heterocycles. The van der Waals surface area contributed by atoms with Gasteiger partial charge in [-0.15, -0.1) is 10.2 Å². The molecule has 1 unspecified atom stereocenters. The third-order valence-corrected chi connectivity index (χ3v) is 9.63. The van der Waals surface area contributed by atoms with Crippen molar-refractivity contribution in [3.8, 4) is 28.2 Å². The van der Waals surface area contributed by atoms with Crippen molar-refractivity contribution in [1.29, 1.82) is 0 Å². The summed E-state index contributed by atoms with van der Waals surface area (Å²) >= 11 is 0. The molecule has 0 amide bonds. The van der Waals surface area contributed by atoms with Crippen molar-refractivity contribution in [1.82, 2.24) is 14.8 Å². The minimum Gasteiger partial charge on any atom is -0.456 e. The number of aryl methyl sites for hydroxylation is 1. The zero-order valence-electron chi connectivity index (χ0n) is 27.4. The van der Waals surface area contributed by atoms with Crippen molar-refractivity contribution in [2.45, 2.75) is 65.2 Å². The van der Waals surface area contributed by atoms with Crippen molar-refractivity contribution in [2.75, 3.05) is 0 Å². The highest BCUT2D eigenvalue weighted by Crippen LogP contribution is 2.38. The van der Waals surface area contributed by atoms with Crippen molar-refractivity contribution >= 4 is 21.9 Å². The molecule has 0 N–H and O–H groups in total. The van der Waals surface area contributed by atoms with E-state index in [1.54, 1.807) is 0 Å². The van der Waals surface area contributed by atoms with E-state index in [0.29, 0.717) is 5.92 Å². The molecule has 1 atom stereocenters. The summed E-state index contributed by atoms with van der Waals surface area (Å²) in [4.78, 5) is 0. The summed E-state index contributed by atoms with van der Waals surface area (Å²) in [5.41, 5.74) is 10.0. The van der Waals surface area contributed by atoms with E-state index in [0.717, 1.165) is 45.9 Å². The summed E-state index contributed by atoms with van der Waals surface area (Å²) in [7, 11) is 0. The fourth-order valence-corrected chi connectivity index (χ4v) is 6.71. The van der Waals surface area contributed by atoms with Crippen LogP contribution in [0.25, 0.3) is 50.1 Å². The molecule has 7 aromatic rings. The maximum atomic E-state index is 6.09. The van der Waals surface area contributed by atoms with Gasteiger partial charge in [-0.3, -0.25) is 4.57 Å². The predicted octanol–water partition coefficient (Wildman–Crippen LogP) is 11.4. The van der Waals surface area contributed by atoms with E-state index in [9.17, 15) is 0 Å². The molecule has 4 nitrogen and oxygen atoms in total. The number of hydrogen-bond acceptors (Lipinski definition) is 3. The number of rotatable bonds is 9. The molecule has 0 radical (unpaired) electrons. The summed E-state index contributed by atoms with van der Waals surface area (Å²) in [5, 5.41) is 11.8. The SMILES string of the molecule is CCCCC(C)c1nnc(-c2ccccc2)n1-c1ccc(-c2ccc(C(C)(C)c3ccc4oc5ccccc5c4c3)cc2)cc1C. The van der Waals surface area contributed by atoms with Crippen molar-refractivity contribution in [2.24, 2.45) is 0 Å². The molecule has 0 spiro atoms. The number of para-hydroxylation sites is 1. The van der Waals surface area contributed by atoms with Gasteiger partial charge in [-0.2, -0.15) is 0 Å². The minimum atomic E-state index is -0.169. The number of nitrogens with zero attached hydrogens (tertiary/aromatic N) is 3. The topological polar surface area (TPSA) is 43.9 Å². The normalized spacial score (nSPS) is 12.6. The Hall–Kier alpha value is -4.96. The van der Waals surface area contributed by atoms with Crippen LogP contribution in [0.2, 0.25) is 0 Å². The van der Waals surface area contributed by atoms with E-state index in [1.807, 2.05) is 18.2 Å². The van der Waals surface area contributed by atoms with Crippen LogP contribution in [0.3, 0.4) is 0 Å². The molecular weight excluding hydrogens is 562 g/mol. The zero-order valence-corrected chi connectivity index (χ0v) is 27.4. The van der Waals surface area contributed by atoms with Gasteiger partial charge in [-0.1, -0.05) is 125 Å². The lowest BCUT2D eigenvalue weighted by Gasteiger charge is -2.26. The smallest absolute Gasteiger partial charge is 0.168 e. The molecule has 0 fully saturated rings. The predicted molar refractivity (Wildman–Crippen MR) is 191 cm³/mol. The van der Waals surface area contributed by atoms with Crippen LogP contribution in [-0.4, -0.2) is 14.8 Å². The van der Waals surface area contributed by atoms with Crippen molar-refractivity contribution < 1.29 is 4.42 Å². The van der Waals surface area contributed by atoms with Crippen LogP contribution in [0.1, 0.15) is 75.4 Å². The Kier molecular flexibility index (Phi) is 7.82. The lowest BCUT2D eigenvalue weighted by molar-refractivity contribution is 0.586. The number of furan rings is 1. The van der Waals surface area contributed by atoms with Gasteiger partial charge in [0.05, 0.1) is 5.69 Å². The summed E-state index contributed by atoms with van der Waals surface area (Å²) in [6.45, 7) is 11.3. The monoisotopic (exact) mass is 603 g/mol. The standard InChI is InChI=1S/C42H41N3O/c1-6-7-13-28(2)40-43-44-41(31-14-9-8-10-15-31)45(40)37-24-20-32(26-29(37)3)30-18-21-33(22-19-30)42(4,5)34-23-25-39-36(27-34)35-16-11-12-17-38(35)46-39/h8-12,14-28H,6-7,13H2,1-5H3. The van der Waals surface area contributed by atoms with Gasteiger partial charge in [0, 0.05) is 27.7 Å². The Morgan fingerprint density at radius 2 is 1.39 bits per heavy atom. The van der Waals surface area contributed by atoms with Crippen LogP contribution in [0, 0.1) is 6.92 Å². The number of hydrogen-bond donors (Lipinski definition) is 0. The van der Waals surface area contributed by atoms with E-state index in [2.05, 4.69) is 136 Å². The van der Waals surface area contributed by atoms with Gasteiger partial charge in [0.15, 0.2) is 5.82 Å². The van der Waals surface area contributed by atoms with Gasteiger partial charge in [-0.25, -0.2) is 0 Å². The number of benzene rings is 5. The molecule has 0 bridgehead atoms. The Bertz CT molecular complexity index is 2130. The summed E-state index contributed by atoms with van der Waals surface area (Å²) in [5.74, 6) is 2.23. The van der Waals surface area contributed by atoms with Gasteiger partial charge < -0.3 is 4.42 Å². The molecule has 0 aliphatic heterocycles. The molecule has 4 heteroatoms. The molecule has 2 aromatic heterocycles. The van der Waals surface area contributed by atoms with Gasteiger partial charge in [-0.05, 0) is 71.5 Å².